The second-order valence-electron chi connectivity index (χ2n) is 29.0. The summed E-state index contributed by atoms with van der Waals surface area (Å²) in [5.74, 6) is 6.50. The summed E-state index contributed by atoms with van der Waals surface area (Å²) < 4.78 is 19.7. The molecule has 0 atom stereocenters. The van der Waals surface area contributed by atoms with Gasteiger partial charge in [-0.1, -0.05) is 325 Å². The summed E-state index contributed by atoms with van der Waals surface area (Å²) in [6.45, 7) is 77.4. The van der Waals surface area contributed by atoms with Crippen molar-refractivity contribution in [1.82, 2.24) is 0 Å². The fraction of sp³-hybridized carbons (Fsp3) is 0.744. The molecule has 0 aliphatic heterocycles. The highest BCUT2D eigenvalue weighted by Crippen LogP contribution is 2.27. The Balaban J connectivity index is -0.000000135. The molecule has 0 aliphatic carbocycles. The molecule has 0 saturated heterocycles. The highest BCUT2D eigenvalue weighted by Gasteiger charge is 2.25. The molecule has 0 amide bonds. The Hall–Kier alpha value is -3.98. The zero-order valence-electron chi connectivity index (χ0n) is 63.7. The summed E-state index contributed by atoms with van der Waals surface area (Å²) in [6, 6.07) is 21.8. The van der Waals surface area contributed by atoms with Gasteiger partial charge in [0.05, 0.1) is 45.0 Å². The quantitative estimate of drug-likeness (QED) is 0.0318. The normalized spacial score (nSPS) is 10.5. The summed E-state index contributed by atoms with van der Waals surface area (Å²) in [5.41, 5.74) is 3.41. The fourth-order valence-electron chi connectivity index (χ4n) is 6.26. The molecule has 0 fully saturated rings. The standard InChI is InChI=1S/C11H14O2.C11H22O2.C10H14.C9H22Si.C8H16O2.C7H12O2.C7H16.C6H12.C5H12.C4H10/c1-9(2)11(12)13-8-10-6-4-3-5-7-10;1-9(2)7-5-6-8-13-11(12)10(3)4;1-9(2)8-10-6-4-3-5-7-10;1-8(2)7-10(5,6)9(3)4;1-6(2)5-10-8(9)7(3)4;1-4-5-9-7(8)6(2)3;1-6(2)5-7(3)4;1-4-5-6(2)3;1-4-5(2)3;1-4(2)3/h3-7,9H,8H2,1-2H3;9-10H,5-8H2,1-4H3;3-7,9H,8H2,1-2H3;8-9H,7H2,1-6H3;6-7H,5H2,1-4H3;4,6H,1,5H2,2-3H3;6-7H,5H2,1-4H3;4,6H,1,5H2,2-3H3;5H,4H2,1-3H3;4H,1-3H3. The van der Waals surface area contributed by atoms with Gasteiger partial charge in [-0.2, -0.15) is 0 Å². The van der Waals surface area contributed by atoms with Crippen LogP contribution in [-0.4, -0.2) is 51.8 Å². The first-order valence-electron chi connectivity index (χ1n) is 34.0. The molecule has 0 aromatic heterocycles. The van der Waals surface area contributed by atoms with Crippen LogP contribution in [0.5, 0.6) is 0 Å². The number of hydrogen-bond acceptors (Lipinski definition) is 8. The Bertz CT molecular complexity index is 1780. The van der Waals surface area contributed by atoms with Crippen LogP contribution >= 0.6 is 0 Å². The van der Waals surface area contributed by atoms with Gasteiger partial charge < -0.3 is 18.9 Å². The van der Waals surface area contributed by atoms with Crippen LogP contribution in [0.25, 0.3) is 0 Å². The predicted octanol–water partition coefficient (Wildman–Crippen LogP) is 23.9. The van der Waals surface area contributed by atoms with Crippen LogP contribution in [0.3, 0.4) is 0 Å². The first kappa shape index (κ1) is 99.2. The van der Waals surface area contributed by atoms with Crippen LogP contribution in [-0.2, 0) is 51.2 Å². The van der Waals surface area contributed by atoms with E-state index >= 15 is 0 Å². The number of hydrogen-bond donors (Lipinski definition) is 0. The minimum atomic E-state index is -0.844. The minimum absolute atomic E-state index is 0.00116. The van der Waals surface area contributed by atoms with Gasteiger partial charge in [0.25, 0.3) is 0 Å². The molecule has 2 aromatic rings. The van der Waals surface area contributed by atoms with Gasteiger partial charge >= 0.3 is 23.9 Å². The highest BCUT2D eigenvalue weighted by atomic mass is 28.3. The average molecular weight is 1240 g/mol. The molecule has 0 radical (unpaired) electrons. The monoisotopic (exact) mass is 1240 g/mol. The maximum absolute atomic E-state index is 11.1. The van der Waals surface area contributed by atoms with Gasteiger partial charge in [-0.3, -0.25) is 19.2 Å². The number of carbonyl (C=O) groups is 4. The van der Waals surface area contributed by atoms with E-state index in [1.807, 2.05) is 91.8 Å². The van der Waals surface area contributed by atoms with E-state index in [9.17, 15) is 19.2 Å². The van der Waals surface area contributed by atoms with Crippen molar-refractivity contribution >= 4 is 32.0 Å². The Morgan fingerprint density at radius 3 is 1.08 bits per heavy atom. The lowest BCUT2D eigenvalue weighted by molar-refractivity contribution is -0.149. The van der Waals surface area contributed by atoms with Crippen molar-refractivity contribution in [3.63, 3.8) is 0 Å². The SMILES string of the molecule is C=CCC(C)C.C=CCOC(=O)C(C)C.CC(C)C.CC(C)C(=O)OCc1ccccc1.CC(C)CC(C)C.CC(C)CCCCOC(=O)C(C)C.CC(C)COC(=O)C(C)C.CC(C)C[Si](C)(C)C(C)C.CC(C)Cc1ccccc1.CCC(C)C. The van der Waals surface area contributed by atoms with E-state index in [0.717, 1.165) is 77.7 Å². The third-order valence-corrected chi connectivity index (χ3v) is 16.8. The zero-order valence-corrected chi connectivity index (χ0v) is 64.7. The van der Waals surface area contributed by atoms with Crippen molar-refractivity contribution in [2.24, 2.45) is 76.9 Å². The van der Waals surface area contributed by atoms with Crippen LogP contribution in [0.15, 0.2) is 86.0 Å². The van der Waals surface area contributed by atoms with Gasteiger partial charge in [0.15, 0.2) is 0 Å². The van der Waals surface area contributed by atoms with Gasteiger partial charge in [0, 0.05) is 0 Å². The topological polar surface area (TPSA) is 105 Å². The Morgan fingerprint density at radius 2 is 0.816 bits per heavy atom. The van der Waals surface area contributed by atoms with Crippen LogP contribution in [0, 0.1) is 76.9 Å². The molecule has 0 spiro atoms. The second kappa shape index (κ2) is 66.4. The highest BCUT2D eigenvalue weighted by molar-refractivity contribution is 6.78. The number of benzene rings is 2. The molecule has 0 N–H and O–H groups in total. The Morgan fingerprint density at radius 1 is 0.437 bits per heavy atom. The fourth-order valence-corrected chi connectivity index (χ4v) is 8.84. The Labute approximate surface area is 545 Å². The molecule has 0 bridgehead atoms. The lowest BCUT2D eigenvalue weighted by Crippen LogP contribution is -2.30. The number of rotatable bonds is 25. The molecule has 9 heteroatoms. The van der Waals surface area contributed by atoms with Crippen molar-refractivity contribution in [1.29, 1.82) is 0 Å². The largest absolute Gasteiger partial charge is 0.465 e. The molecule has 514 valence electrons. The number of esters is 4. The molecule has 0 aliphatic rings. The van der Waals surface area contributed by atoms with E-state index in [0.29, 0.717) is 32.3 Å². The number of allylic oxidation sites excluding steroid dienone is 1. The van der Waals surface area contributed by atoms with E-state index < -0.39 is 8.07 Å². The van der Waals surface area contributed by atoms with Crippen LogP contribution in [0.4, 0.5) is 0 Å². The first-order chi connectivity index (χ1) is 40.0. The molecular formula is C78H150O8Si. The first-order valence-corrected chi connectivity index (χ1v) is 37.2. The lowest BCUT2D eigenvalue weighted by Gasteiger charge is -2.28. The van der Waals surface area contributed by atoms with Gasteiger partial charge in [0.1, 0.15) is 13.2 Å². The Kier molecular flexibility index (Phi) is 75.8. The van der Waals surface area contributed by atoms with E-state index in [4.69, 9.17) is 18.9 Å². The van der Waals surface area contributed by atoms with Gasteiger partial charge in [-0.15, -0.1) is 6.58 Å². The van der Waals surface area contributed by atoms with Crippen LogP contribution < -0.4 is 0 Å². The molecule has 0 saturated carbocycles. The lowest BCUT2D eigenvalue weighted by atomic mass is 10.0. The smallest absolute Gasteiger partial charge is 0.308 e. The summed E-state index contributed by atoms with van der Waals surface area (Å²) in [7, 11) is -0.844. The molecular weight excluding hydrogens is 1090 g/mol. The molecule has 0 heterocycles. The summed E-state index contributed by atoms with van der Waals surface area (Å²) in [6.07, 6.45) is 11.9. The molecule has 2 aromatic carbocycles. The summed E-state index contributed by atoms with van der Waals surface area (Å²) in [5, 5.41) is 0. The van der Waals surface area contributed by atoms with Crippen LogP contribution in [0.1, 0.15) is 257 Å². The maximum Gasteiger partial charge on any atom is 0.308 e. The van der Waals surface area contributed by atoms with Gasteiger partial charge in [0.2, 0.25) is 0 Å². The number of carbonyl (C=O) groups excluding carboxylic acids is 4. The van der Waals surface area contributed by atoms with E-state index in [1.165, 1.54) is 37.3 Å². The minimum Gasteiger partial charge on any atom is -0.465 e. The van der Waals surface area contributed by atoms with E-state index in [1.54, 1.807) is 19.9 Å². The predicted molar refractivity (Wildman–Crippen MR) is 389 cm³/mol. The molecule has 8 nitrogen and oxygen atoms in total. The van der Waals surface area contributed by atoms with Crippen LogP contribution in [0.2, 0.25) is 24.7 Å². The third-order valence-electron chi connectivity index (χ3n) is 11.8. The van der Waals surface area contributed by atoms with Crippen molar-refractivity contribution in [2.75, 3.05) is 19.8 Å². The van der Waals surface area contributed by atoms with Crippen molar-refractivity contribution in [3.8, 4) is 0 Å². The van der Waals surface area contributed by atoms with E-state index in [-0.39, 0.29) is 47.5 Å². The van der Waals surface area contributed by atoms with Gasteiger partial charge in [-0.25, -0.2) is 0 Å². The third kappa shape index (κ3) is 95.9. The maximum atomic E-state index is 11.1. The summed E-state index contributed by atoms with van der Waals surface area (Å²) in [4.78, 5) is 43.6. The number of unbranched alkanes of at least 4 members (excludes halogenated alkanes) is 1. The van der Waals surface area contributed by atoms with E-state index in [2.05, 4.69) is 195 Å². The molecule has 0 unspecified atom stereocenters. The second-order valence-corrected chi connectivity index (χ2v) is 34.6. The average Bonchev–Trinajstić information content (AvgIpc) is 3.39. The van der Waals surface area contributed by atoms with Crippen molar-refractivity contribution in [3.05, 3.63) is 97.1 Å². The zero-order chi connectivity index (χ0) is 69.8. The summed E-state index contributed by atoms with van der Waals surface area (Å²) >= 11 is 0. The van der Waals surface area contributed by atoms with Gasteiger partial charge in [-0.05, 0) is 96.5 Å². The van der Waals surface area contributed by atoms with Crippen molar-refractivity contribution < 1.29 is 38.1 Å². The number of ether oxygens (including phenoxy) is 4. The van der Waals surface area contributed by atoms with Crippen molar-refractivity contribution in [2.45, 2.75) is 284 Å². The molecule has 87 heavy (non-hydrogen) atoms. The molecule has 2 rings (SSSR count).